The molecular formula is C27H29ClN2O2. The normalized spacial score (nSPS) is 11.6. The molecule has 3 rings (SSSR count). The minimum Gasteiger partial charge on any atom is -0.354 e. The molecule has 3 aromatic carbocycles. The van der Waals surface area contributed by atoms with Gasteiger partial charge in [0, 0.05) is 24.5 Å². The number of carbonyl (C=O) groups is 2. The van der Waals surface area contributed by atoms with Crippen LogP contribution in [0.4, 0.5) is 0 Å². The topological polar surface area (TPSA) is 49.4 Å². The van der Waals surface area contributed by atoms with Crippen LogP contribution in [0.25, 0.3) is 0 Å². The molecule has 0 spiro atoms. The van der Waals surface area contributed by atoms with Gasteiger partial charge in [-0.1, -0.05) is 91.3 Å². The van der Waals surface area contributed by atoms with Gasteiger partial charge in [-0.25, -0.2) is 0 Å². The van der Waals surface area contributed by atoms with Crippen LogP contribution in [-0.2, 0) is 22.6 Å². The third-order valence-corrected chi connectivity index (χ3v) is 5.53. The van der Waals surface area contributed by atoms with Gasteiger partial charge in [0.05, 0.1) is 0 Å². The Bertz CT molecular complexity index is 991. The molecule has 0 radical (unpaired) electrons. The SMILES string of the molecule is CCCC(=O)N(Cc1ccc(Cl)cc1)[C@@H](C(=O)NCCc1ccccc1)c1ccccc1. The smallest absolute Gasteiger partial charge is 0.247 e. The Morgan fingerprint density at radius 1 is 0.875 bits per heavy atom. The zero-order valence-corrected chi connectivity index (χ0v) is 19.1. The minimum absolute atomic E-state index is 0.0467. The number of rotatable bonds is 10. The maximum absolute atomic E-state index is 13.4. The zero-order chi connectivity index (χ0) is 22.8. The number of nitrogens with zero attached hydrogens (tertiary/aromatic N) is 1. The molecule has 5 heteroatoms. The van der Waals surface area contributed by atoms with E-state index in [1.54, 1.807) is 17.0 Å². The molecule has 32 heavy (non-hydrogen) atoms. The first-order chi connectivity index (χ1) is 15.6. The summed E-state index contributed by atoms with van der Waals surface area (Å²) in [5, 5.41) is 3.69. The largest absolute Gasteiger partial charge is 0.354 e. The van der Waals surface area contributed by atoms with Crippen molar-refractivity contribution in [1.29, 1.82) is 0 Å². The van der Waals surface area contributed by atoms with Gasteiger partial charge in [-0.15, -0.1) is 0 Å². The van der Waals surface area contributed by atoms with Crippen LogP contribution in [0, 0.1) is 0 Å². The molecule has 0 heterocycles. The molecule has 1 atom stereocenters. The fourth-order valence-corrected chi connectivity index (χ4v) is 3.77. The van der Waals surface area contributed by atoms with Crippen LogP contribution in [0.15, 0.2) is 84.9 Å². The Hall–Kier alpha value is -3.11. The Morgan fingerprint density at radius 3 is 2.12 bits per heavy atom. The van der Waals surface area contributed by atoms with Crippen LogP contribution in [0.3, 0.4) is 0 Å². The van der Waals surface area contributed by atoms with E-state index < -0.39 is 6.04 Å². The van der Waals surface area contributed by atoms with Crippen molar-refractivity contribution in [2.75, 3.05) is 6.54 Å². The molecule has 0 aromatic heterocycles. The van der Waals surface area contributed by atoms with Gasteiger partial charge >= 0.3 is 0 Å². The molecule has 3 aromatic rings. The fourth-order valence-electron chi connectivity index (χ4n) is 3.65. The Labute approximate surface area is 195 Å². The standard InChI is InChI=1S/C27H29ClN2O2/c1-2-9-25(31)30(20-22-14-16-24(28)17-15-22)26(23-12-7-4-8-13-23)27(32)29-19-18-21-10-5-3-6-11-21/h3-8,10-17,26H,2,9,18-20H2,1H3,(H,29,32)/t26-/m1/s1. The van der Waals surface area contributed by atoms with Crippen molar-refractivity contribution in [3.05, 3.63) is 107 Å². The van der Waals surface area contributed by atoms with Gasteiger partial charge in [0.15, 0.2) is 0 Å². The number of benzene rings is 3. The lowest BCUT2D eigenvalue weighted by atomic mass is 10.0. The van der Waals surface area contributed by atoms with E-state index in [0.29, 0.717) is 31.0 Å². The zero-order valence-electron chi connectivity index (χ0n) is 18.3. The lowest BCUT2D eigenvalue weighted by molar-refractivity contribution is -0.141. The van der Waals surface area contributed by atoms with E-state index >= 15 is 0 Å². The Kier molecular flexibility index (Phi) is 8.88. The molecule has 166 valence electrons. The van der Waals surface area contributed by atoms with E-state index in [1.807, 2.05) is 79.7 Å². The highest BCUT2D eigenvalue weighted by Crippen LogP contribution is 2.25. The fraction of sp³-hybridized carbons (Fsp3) is 0.259. The Morgan fingerprint density at radius 2 is 1.50 bits per heavy atom. The Balaban J connectivity index is 1.84. The van der Waals surface area contributed by atoms with Gasteiger partial charge in [0.25, 0.3) is 0 Å². The second-order valence-corrected chi connectivity index (χ2v) is 8.17. The van der Waals surface area contributed by atoms with Crippen molar-refractivity contribution in [2.24, 2.45) is 0 Å². The molecule has 0 saturated carbocycles. The van der Waals surface area contributed by atoms with E-state index in [-0.39, 0.29) is 11.8 Å². The van der Waals surface area contributed by atoms with Gasteiger partial charge < -0.3 is 10.2 Å². The van der Waals surface area contributed by atoms with E-state index in [2.05, 4.69) is 5.32 Å². The first-order valence-corrected chi connectivity index (χ1v) is 11.4. The molecule has 2 amide bonds. The monoisotopic (exact) mass is 448 g/mol. The number of amides is 2. The van der Waals surface area contributed by atoms with Crippen molar-refractivity contribution in [3.63, 3.8) is 0 Å². The van der Waals surface area contributed by atoms with Gasteiger partial charge in [0.1, 0.15) is 6.04 Å². The molecule has 0 unspecified atom stereocenters. The second-order valence-electron chi connectivity index (χ2n) is 7.74. The molecular weight excluding hydrogens is 420 g/mol. The molecule has 0 bridgehead atoms. The van der Waals surface area contributed by atoms with E-state index in [1.165, 1.54) is 0 Å². The highest BCUT2D eigenvalue weighted by Gasteiger charge is 2.30. The summed E-state index contributed by atoms with van der Waals surface area (Å²) in [6, 6.07) is 26.2. The van der Waals surface area contributed by atoms with Crippen LogP contribution in [0.5, 0.6) is 0 Å². The predicted octanol–water partition coefficient (Wildman–Crippen LogP) is 5.57. The summed E-state index contributed by atoms with van der Waals surface area (Å²) in [7, 11) is 0. The van der Waals surface area contributed by atoms with Crippen molar-refractivity contribution in [2.45, 2.75) is 38.8 Å². The van der Waals surface area contributed by atoms with Crippen LogP contribution in [0.2, 0.25) is 5.02 Å². The van der Waals surface area contributed by atoms with E-state index in [9.17, 15) is 9.59 Å². The van der Waals surface area contributed by atoms with Crippen molar-refractivity contribution in [3.8, 4) is 0 Å². The van der Waals surface area contributed by atoms with Crippen LogP contribution in [-0.4, -0.2) is 23.3 Å². The van der Waals surface area contributed by atoms with Gasteiger partial charge in [-0.3, -0.25) is 9.59 Å². The molecule has 4 nitrogen and oxygen atoms in total. The summed E-state index contributed by atoms with van der Waals surface area (Å²) in [6.07, 6.45) is 1.83. The lowest BCUT2D eigenvalue weighted by Crippen LogP contribution is -2.43. The van der Waals surface area contributed by atoms with E-state index in [0.717, 1.165) is 23.1 Å². The van der Waals surface area contributed by atoms with Crippen LogP contribution < -0.4 is 5.32 Å². The molecule has 0 aliphatic heterocycles. The number of halogens is 1. The van der Waals surface area contributed by atoms with Crippen LogP contribution in [0.1, 0.15) is 42.5 Å². The third-order valence-electron chi connectivity index (χ3n) is 5.28. The average molecular weight is 449 g/mol. The molecule has 0 aliphatic carbocycles. The van der Waals surface area contributed by atoms with Crippen molar-refractivity contribution < 1.29 is 9.59 Å². The minimum atomic E-state index is -0.707. The maximum Gasteiger partial charge on any atom is 0.247 e. The summed E-state index contributed by atoms with van der Waals surface area (Å²) < 4.78 is 0. The first kappa shape index (κ1) is 23.6. The first-order valence-electron chi connectivity index (χ1n) is 11.0. The average Bonchev–Trinajstić information content (AvgIpc) is 2.81. The number of hydrogen-bond donors (Lipinski definition) is 1. The van der Waals surface area contributed by atoms with Crippen molar-refractivity contribution in [1.82, 2.24) is 10.2 Å². The number of carbonyl (C=O) groups excluding carboxylic acids is 2. The van der Waals surface area contributed by atoms with Crippen LogP contribution >= 0.6 is 11.6 Å². The highest BCUT2D eigenvalue weighted by atomic mass is 35.5. The maximum atomic E-state index is 13.4. The van der Waals surface area contributed by atoms with E-state index in [4.69, 9.17) is 11.6 Å². The number of nitrogens with one attached hydrogen (secondary N) is 1. The van der Waals surface area contributed by atoms with Gasteiger partial charge in [0.2, 0.25) is 11.8 Å². The second kappa shape index (κ2) is 12.1. The summed E-state index contributed by atoms with van der Waals surface area (Å²) in [5.74, 6) is -0.222. The highest BCUT2D eigenvalue weighted by molar-refractivity contribution is 6.30. The summed E-state index contributed by atoms with van der Waals surface area (Å²) in [4.78, 5) is 28.2. The summed E-state index contributed by atoms with van der Waals surface area (Å²) in [5.41, 5.74) is 2.88. The van der Waals surface area contributed by atoms with Gasteiger partial charge in [-0.2, -0.15) is 0 Å². The molecule has 1 N–H and O–H groups in total. The predicted molar refractivity (Wildman–Crippen MR) is 129 cm³/mol. The summed E-state index contributed by atoms with van der Waals surface area (Å²) in [6.45, 7) is 2.81. The van der Waals surface area contributed by atoms with Crippen molar-refractivity contribution >= 4 is 23.4 Å². The molecule has 0 aliphatic rings. The molecule has 0 saturated heterocycles. The van der Waals surface area contributed by atoms with Gasteiger partial charge in [-0.05, 0) is 41.7 Å². The lowest BCUT2D eigenvalue weighted by Gasteiger charge is -2.31. The quantitative estimate of drug-likeness (QED) is 0.440. The number of hydrogen-bond acceptors (Lipinski definition) is 2. The molecule has 0 fully saturated rings. The summed E-state index contributed by atoms with van der Waals surface area (Å²) >= 11 is 6.03. The third kappa shape index (κ3) is 6.69.